The lowest BCUT2D eigenvalue weighted by Gasteiger charge is -2.12. The zero-order valence-corrected chi connectivity index (χ0v) is 10.9. The average molecular weight is 274 g/mol. The van der Waals surface area contributed by atoms with E-state index < -0.39 is 5.97 Å². The maximum Gasteiger partial charge on any atom is 0.307 e. The molecule has 6 nitrogen and oxygen atoms in total. The Balaban J connectivity index is 2.01. The number of imide groups is 1. The van der Waals surface area contributed by atoms with Crippen LogP contribution in [0.15, 0.2) is 36.0 Å². The second kappa shape index (κ2) is 5.56. The third kappa shape index (κ3) is 3.23. The van der Waals surface area contributed by atoms with Crippen molar-refractivity contribution in [3.63, 3.8) is 0 Å². The van der Waals surface area contributed by atoms with Gasteiger partial charge in [0.1, 0.15) is 0 Å². The molecule has 1 aromatic rings. The fourth-order valence-corrected chi connectivity index (χ4v) is 1.93. The van der Waals surface area contributed by atoms with Crippen molar-refractivity contribution in [2.75, 3.05) is 11.9 Å². The lowest BCUT2D eigenvalue weighted by atomic mass is 10.1. The molecule has 0 atom stereocenters. The molecule has 0 unspecified atom stereocenters. The number of nitrogens with one attached hydrogen (secondary N) is 1. The van der Waals surface area contributed by atoms with Crippen molar-refractivity contribution in [2.45, 2.75) is 13.3 Å². The summed E-state index contributed by atoms with van der Waals surface area (Å²) in [6.45, 7) is 1.57. The molecular formula is C14H14N2O4. The highest BCUT2D eigenvalue weighted by Gasteiger charge is 2.24. The molecule has 1 aromatic carbocycles. The summed E-state index contributed by atoms with van der Waals surface area (Å²) in [5.41, 5.74) is 2.07. The van der Waals surface area contributed by atoms with Crippen LogP contribution in [0.4, 0.5) is 5.69 Å². The molecule has 0 spiro atoms. The number of benzene rings is 1. The first-order valence-corrected chi connectivity index (χ1v) is 6.06. The molecule has 0 aliphatic carbocycles. The minimum Gasteiger partial charge on any atom is -0.481 e. The van der Waals surface area contributed by atoms with E-state index in [0.29, 0.717) is 11.3 Å². The fourth-order valence-electron chi connectivity index (χ4n) is 1.93. The van der Waals surface area contributed by atoms with Gasteiger partial charge in [0.25, 0.3) is 5.91 Å². The van der Waals surface area contributed by atoms with Crippen molar-refractivity contribution in [2.24, 2.45) is 0 Å². The Morgan fingerprint density at radius 1 is 1.30 bits per heavy atom. The van der Waals surface area contributed by atoms with Crippen molar-refractivity contribution < 1.29 is 19.5 Å². The molecule has 20 heavy (non-hydrogen) atoms. The number of carboxylic acids is 1. The summed E-state index contributed by atoms with van der Waals surface area (Å²) >= 11 is 0. The van der Waals surface area contributed by atoms with E-state index in [1.807, 2.05) is 0 Å². The molecule has 2 rings (SSSR count). The number of hydrogen-bond acceptors (Lipinski definition) is 4. The number of aliphatic carboxylic acids is 1. The number of anilines is 1. The number of nitrogens with zero attached hydrogens (tertiary/aromatic N) is 1. The maximum absolute atomic E-state index is 11.5. The Morgan fingerprint density at radius 3 is 2.45 bits per heavy atom. The molecule has 0 bridgehead atoms. The highest BCUT2D eigenvalue weighted by atomic mass is 16.4. The predicted octanol–water partition coefficient (Wildman–Crippen LogP) is 0.998. The standard InChI is InChI=1S/C14H14N2O4/c1-9(17)16-8-12(7-13(16)18)15-11-4-2-10(3-5-11)6-14(19)20/h2-5,7,15H,6,8H2,1H3,(H,19,20). The van der Waals surface area contributed by atoms with Gasteiger partial charge in [-0.15, -0.1) is 0 Å². The van der Waals surface area contributed by atoms with E-state index in [-0.39, 0.29) is 24.8 Å². The van der Waals surface area contributed by atoms with Gasteiger partial charge in [0.2, 0.25) is 5.91 Å². The van der Waals surface area contributed by atoms with Crippen molar-refractivity contribution in [3.05, 3.63) is 41.6 Å². The normalized spacial score (nSPS) is 14.2. The molecule has 1 heterocycles. The number of carbonyl (C=O) groups excluding carboxylic acids is 2. The molecule has 0 saturated heterocycles. The Hall–Kier alpha value is -2.63. The zero-order valence-electron chi connectivity index (χ0n) is 10.9. The van der Waals surface area contributed by atoms with Gasteiger partial charge in [-0.2, -0.15) is 0 Å². The topological polar surface area (TPSA) is 86.7 Å². The number of amides is 2. The summed E-state index contributed by atoms with van der Waals surface area (Å²) in [7, 11) is 0. The molecule has 0 saturated carbocycles. The van der Waals surface area contributed by atoms with Gasteiger partial charge in [-0.25, -0.2) is 0 Å². The van der Waals surface area contributed by atoms with Crippen molar-refractivity contribution in [1.29, 1.82) is 0 Å². The van der Waals surface area contributed by atoms with E-state index in [2.05, 4.69) is 5.32 Å². The molecule has 0 radical (unpaired) electrons. The third-order valence-corrected chi connectivity index (χ3v) is 2.89. The summed E-state index contributed by atoms with van der Waals surface area (Å²) in [6.07, 6.45) is 1.35. The molecule has 1 aliphatic heterocycles. The summed E-state index contributed by atoms with van der Waals surface area (Å²) in [5.74, 6) is -1.51. The van der Waals surface area contributed by atoms with Gasteiger partial charge in [0.15, 0.2) is 0 Å². The number of carbonyl (C=O) groups is 3. The lowest BCUT2D eigenvalue weighted by Crippen LogP contribution is -2.31. The second-order valence-electron chi connectivity index (χ2n) is 4.51. The van der Waals surface area contributed by atoms with E-state index >= 15 is 0 Å². The van der Waals surface area contributed by atoms with Crippen LogP contribution < -0.4 is 5.32 Å². The molecular weight excluding hydrogens is 260 g/mol. The fraction of sp³-hybridized carbons (Fsp3) is 0.214. The molecule has 2 amide bonds. The first-order chi connectivity index (χ1) is 9.45. The quantitative estimate of drug-likeness (QED) is 0.855. The predicted molar refractivity (Wildman–Crippen MR) is 71.9 cm³/mol. The van der Waals surface area contributed by atoms with Gasteiger partial charge in [-0.1, -0.05) is 12.1 Å². The maximum atomic E-state index is 11.5. The number of hydrogen-bond donors (Lipinski definition) is 2. The first kappa shape index (κ1) is 13.8. The minimum absolute atomic E-state index is 0.0282. The summed E-state index contributed by atoms with van der Waals surface area (Å²) in [5, 5.41) is 11.7. The van der Waals surface area contributed by atoms with Crippen LogP contribution in [0.2, 0.25) is 0 Å². The Morgan fingerprint density at radius 2 is 1.95 bits per heavy atom. The van der Waals surface area contributed by atoms with Gasteiger partial charge in [-0.3, -0.25) is 19.3 Å². The van der Waals surface area contributed by atoms with Crippen LogP contribution in [0.5, 0.6) is 0 Å². The van der Waals surface area contributed by atoms with E-state index in [1.165, 1.54) is 13.0 Å². The van der Waals surface area contributed by atoms with Crippen LogP contribution in [-0.2, 0) is 20.8 Å². The first-order valence-electron chi connectivity index (χ1n) is 6.06. The monoisotopic (exact) mass is 274 g/mol. The molecule has 1 aliphatic rings. The molecule has 0 aromatic heterocycles. The molecule has 0 fully saturated rings. The van der Waals surface area contributed by atoms with E-state index in [1.54, 1.807) is 24.3 Å². The van der Waals surface area contributed by atoms with Crippen molar-refractivity contribution >= 4 is 23.5 Å². The number of rotatable bonds is 4. The molecule has 6 heteroatoms. The summed E-state index contributed by atoms with van der Waals surface area (Å²) in [4.78, 5) is 34.4. The zero-order chi connectivity index (χ0) is 14.7. The van der Waals surface area contributed by atoms with Crippen LogP contribution in [0.25, 0.3) is 0 Å². The van der Waals surface area contributed by atoms with Crippen LogP contribution in [0.1, 0.15) is 12.5 Å². The van der Waals surface area contributed by atoms with Gasteiger partial charge in [-0.05, 0) is 17.7 Å². The highest BCUT2D eigenvalue weighted by molar-refractivity contribution is 6.03. The molecule has 104 valence electrons. The molecule has 2 N–H and O–H groups in total. The van der Waals surface area contributed by atoms with Crippen LogP contribution >= 0.6 is 0 Å². The Labute approximate surface area is 115 Å². The largest absolute Gasteiger partial charge is 0.481 e. The lowest BCUT2D eigenvalue weighted by molar-refractivity contribution is -0.139. The number of carboxylic acid groups (broad SMARTS) is 1. The van der Waals surface area contributed by atoms with Crippen LogP contribution in [0, 0.1) is 0 Å². The summed E-state index contributed by atoms with van der Waals surface area (Å²) in [6, 6.07) is 6.88. The van der Waals surface area contributed by atoms with E-state index in [9.17, 15) is 14.4 Å². The van der Waals surface area contributed by atoms with Crippen LogP contribution in [-0.4, -0.2) is 34.3 Å². The second-order valence-corrected chi connectivity index (χ2v) is 4.51. The summed E-state index contributed by atoms with van der Waals surface area (Å²) < 4.78 is 0. The van der Waals surface area contributed by atoms with Crippen molar-refractivity contribution in [1.82, 2.24) is 4.90 Å². The highest BCUT2D eigenvalue weighted by Crippen LogP contribution is 2.16. The van der Waals surface area contributed by atoms with Crippen molar-refractivity contribution in [3.8, 4) is 0 Å². The van der Waals surface area contributed by atoms with Gasteiger partial charge >= 0.3 is 5.97 Å². The van der Waals surface area contributed by atoms with Crippen LogP contribution in [0.3, 0.4) is 0 Å². The third-order valence-electron chi connectivity index (χ3n) is 2.89. The Bertz CT molecular complexity index is 590. The minimum atomic E-state index is -0.882. The van der Waals surface area contributed by atoms with Gasteiger partial charge < -0.3 is 10.4 Å². The SMILES string of the molecule is CC(=O)N1CC(Nc2ccc(CC(=O)O)cc2)=CC1=O. The Kier molecular flexibility index (Phi) is 3.84. The van der Waals surface area contributed by atoms with Gasteiger partial charge in [0.05, 0.1) is 13.0 Å². The van der Waals surface area contributed by atoms with E-state index in [4.69, 9.17) is 5.11 Å². The van der Waals surface area contributed by atoms with Gasteiger partial charge in [0, 0.05) is 24.4 Å². The smallest absolute Gasteiger partial charge is 0.307 e. The average Bonchev–Trinajstić information content (AvgIpc) is 2.72. The van der Waals surface area contributed by atoms with E-state index in [0.717, 1.165) is 10.6 Å².